The Bertz CT molecular complexity index is 384. The fourth-order valence-corrected chi connectivity index (χ4v) is 4.66. The van der Waals surface area contributed by atoms with E-state index in [0.717, 1.165) is 18.4 Å². The number of aliphatic imine (C=N–C) groups is 1. The van der Waals surface area contributed by atoms with Gasteiger partial charge in [-0.2, -0.15) is 0 Å². The van der Waals surface area contributed by atoms with Gasteiger partial charge >= 0.3 is 0 Å². The van der Waals surface area contributed by atoms with Gasteiger partial charge in [-0.05, 0) is 38.0 Å². The van der Waals surface area contributed by atoms with E-state index in [0.29, 0.717) is 12.1 Å². The Kier molecular flexibility index (Phi) is 5.30. The molecule has 0 aromatic rings. The fourth-order valence-electron chi connectivity index (χ4n) is 4.66. The molecular formula is C19H35N3. The van der Waals surface area contributed by atoms with E-state index < -0.39 is 0 Å². The Labute approximate surface area is 137 Å². The highest BCUT2D eigenvalue weighted by Crippen LogP contribution is 2.30. The van der Waals surface area contributed by atoms with Crippen molar-refractivity contribution in [2.75, 3.05) is 19.6 Å². The van der Waals surface area contributed by atoms with Gasteiger partial charge < -0.3 is 9.80 Å². The molecule has 1 saturated heterocycles. The number of hydrogen-bond donors (Lipinski definition) is 0. The predicted molar refractivity (Wildman–Crippen MR) is 94.2 cm³/mol. The summed E-state index contributed by atoms with van der Waals surface area (Å²) < 4.78 is 0. The lowest BCUT2D eigenvalue weighted by Gasteiger charge is -2.28. The first-order valence-electron chi connectivity index (χ1n) is 9.73. The second-order valence-electron chi connectivity index (χ2n) is 8.27. The third-order valence-electron chi connectivity index (χ3n) is 5.87. The van der Waals surface area contributed by atoms with Crippen LogP contribution >= 0.6 is 0 Å². The molecule has 0 spiro atoms. The first-order valence-corrected chi connectivity index (χ1v) is 9.73. The molecule has 3 heteroatoms. The van der Waals surface area contributed by atoms with Gasteiger partial charge in [-0.15, -0.1) is 0 Å². The maximum atomic E-state index is 4.85. The molecule has 3 nitrogen and oxygen atoms in total. The van der Waals surface area contributed by atoms with Gasteiger partial charge in [-0.1, -0.05) is 46.0 Å². The van der Waals surface area contributed by atoms with E-state index in [2.05, 4.69) is 30.6 Å². The van der Waals surface area contributed by atoms with E-state index in [1.165, 1.54) is 70.4 Å². The van der Waals surface area contributed by atoms with Crippen LogP contribution in [-0.4, -0.2) is 47.5 Å². The van der Waals surface area contributed by atoms with Crippen LogP contribution in [0.2, 0.25) is 0 Å². The van der Waals surface area contributed by atoms with Gasteiger partial charge in [0.2, 0.25) is 0 Å². The number of rotatable bonds is 6. The van der Waals surface area contributed by atoms with Gasteiger partial charge in [0.15, 0.2) is 5.96 Å². The molecule has 0 radical (unpaired) electrons. The maximum Gasteiger partial charge on any atom is 0.197 e. The van der Waals surface area contributed by atoms with Crippen LogP contribution < -0.4 is 0 Å². The average Bonchev–Trinajstić information content (AvgIpc) is 3.01. The minimum absolute atomic E-state index is 0.619. The summed E-state index contributed by atoms with van der Waals surface area (Å²) in [6.07, 6.45) is 11.5. The van der Waals surface area contributed by atoms with E-state index in [-0.39, 0.29) is 0 Å². The maximum absolute atomic E-state index is 4.85. The summed E-state index contributed by atoms with van der Waals surface area (Å²) in [7, 11) is 0. The minimum Gasteiger partial charge on any atom is -0.338 e. The molecule has 3 rings (SSSR count). The van der Waals surface area contributed by atoms with Gasteiger partial charge in [-0.25, -0.2) is 0 Å². The van der Waals surface area contributed by atoms with Crippen molar-refractivity contribution >= 4 is 5.96 Å². The first kappa shape index (κ1) is 16.1. The molecule has 0 aromatic carbocycles. The van der Waals surface area contributed by atoms with Crippen molar-refractivity contribution < 1.29 is 0 Å². The van der Waals surface area contributed by atoms with Crippen molar-refractivity contribution in [3.63, 3.8) is 0 Å². The van der Waals surface area contributed by atoms with Gasteiger partial charge in [-0.3, -0.25) is 4.99 Å². The monoisotopic (exact) mass is 305 g/mol. The number of fused-ring (bicyclic) bond motifs is 1. The third kappa shape index (κ3) is 3.60. The van der Waals surface area contributed by atoms with Crippen LogP contribution in [0.3, 0.4) is 0 Å². The van der Waals surface area contributed by atoms with E-state index >= 15 is 0 Å². The van der Waals surface area contributed by atoms with Gasteiger partial charge in [0, 0.05) is 25.2 Å². The van der Waals surface area contributed by atoms with Crippen molar-refractivity contribution in [1.82, 2.24) is 9.80 Å². The van der Waals surface area contributed by atoms with Crippen molar-refractivity contribution in [2.24, 2.45) is 16.8 Å². The van der Waals surface area contributed by atoms with Crippen LogP contribution in [0.15, 0.2) is 4.99 Å². The Hall–Kier alpha value is -0.730. The summed E-state index contributed by atoms with van der Waals surface area (Å²) in [5.74, 6) is 3.11. The van der Waals surface area contributed by atoms with Crippen LogP contribution in [-0.2, 0) is 0 Å². The van der Waals surface area contributed by atoms with Crippen molar-refractivity contribution in [3.8, 4) is 0 Å². The quantitative estimate of drug-likeness (QED) is 0.734. The lowest BCUT2D eigenvalue weighted by atomic mass is 9.86. The van der Waals surface area contributed by atoms with Gasteiger partial charge in [0.1, 0.15) is 0 Å². The molecule has 0 N–H and O–H groups in total. The second kappa shape index (κ2) is 7.23. The highest BCUT2D eigenvalue weighted by molar-refractivity contribution is 5.84. The average molecular weight is 306 g/mol. The normalized spacial score (nSPS) is 29.4. The highest BCUT2D eigenvalue weighted by Gasteiger charge is 2.40. The number of hydrogen-bond acceptors (Lipinski definition) is 3. The molecule has 2 atom stereocenters. The SMILES string of the molecule is CC(C)C[C@@H]1CN2C(=NC[C@@H]2C)N1CCCC1CCCCC1. The first-order chi connectivity index (χ1) is 10.6. The zero-order valence-electron chi connectivity index (χ0n) is 14.9. The molecule has 0 bridgehead atoms. The Morgan fingerprint density at radius 1 is 1.18 bits per heavy atom. The topological polar surface area (TPSA) is 18.8 Å². The molecule has 2 heterocycles. The fraction of sp³-hybridized carbons (Fsp3) is 0.947. The van der Waals surface area contributed by atoms with E-state index in [1.54, 1.807) is 0 Å². The largest absolute Gasteiger partial charge is 0.338 e. The van der Waals surface area contributed by atoms with Crippen molar-refractivity contribution in [2.45, 2.75) is 84.2 Å². The molecule has 2 aliphatic heterocycles. The van der Waals surface area contributed by atoms with E-state index in [1.807, 2.05) is 0 Å². The molecule has 3 aliphatic rings. The van der Waals surface area contributed by atoms with Crippen LogP contribution in [0.4, 0.5) is 0 Å². The molecule has 0 amide bonds. The van der Waals surface area contributed by atoms with Gasteiger partial charge in [0.05, 0.1) is 6.54 Å². The number of guanidine groups is 1. The molecule has 126 valence electrons. The number of nitrogens with zero attached hydrogens (tertiary/aromatic N) is 3. The van der Waals surface area contributed by atoms with Crippen LogP contribution in [0, 0.1) is 11.8 Å². The molecule has 0 aromatic heterocycles. The molecule has 1 saturated carbocycles. The summed E-state index contributed by atoms with van der Waals surface area (Å²) in [5, 5.41) is 0. The van der Waals surface area contributed by atoms with Gasteiger partial charge in [0.25, 0.3) is 0 Å². The molecule has 0 unspecified atom stereocenters. The van der Waals surface area contributed by atoms with E-state index in [4.69, 9.17) is 4.99 Å². The Morgan fingerprint density at radius 3 is 2.68 bits per heavy atom. The lowest BCUT2D eigenvalue weighted by molar-refractivity contribution is 0.265. The highest BCUT2D eigenvalue weighted by atomic mass is 15.5. The van der Waals surface area contributed by atoms with Crippen molar-refractivity contribution in [1.29, 1.82) is 0 Å². The standard InChI is InChI=1S/C19H35N3/c1-15(2)12-18-14-22-16(3)13-20-19(22)21(18)11-7-10-17-8-5-4-6-9-17/h15-18H,4-14H2,1-3H3/t16-,18+/m0/s1. The molecule has 22 heavy (non-hydrogen) atoms. The van der Waals surface area contributed by atoms with Crippen molar-refractivity contribution in [3.05, 3.63) is 0 Å². The third-order valence-corrected chi connectivity index (χ3v) is 5.87. The lowest BCUT2D eigenvalue weighted by Crippen LogP contribution is -2.37. The zero-order chi connectivity index (χ0) is 15.5. The summed E-state index contributed by atoms with van der Waals surface area (Å²) in [4.78, 5) is 10.1. The summed E-state index contributed by atoms with van der Waals surface area (Å²) in [6, 6.07) is 1.32. The molecular weight excluding hydrogens is 270 g/mol. The smallest absolute Gasteiger partial charge is 0.197 e. The van der Waals surface area contributed by atoms with E-state index in [9.17, 15) is 0 Å². The molecule has 1 aliphatic carbocycles. The Morgan fingerprint density at radius 2 is 1.95 bits per heavy atom. The van der Waals surface area contributed by atoms with Crippen LogP contribution in [0.5, 0.6) is 0 Å². The predicted octanol–water partition coefficient (Wildman–Crippen LogP) is 4.14. The summed E-state index contributed by atoms with van der Waals surface area (Å²) >= 11 is 0. The molecule has 2 fully saturated rings. The zero-order valence-corrected chi connectivity index (χ0v) is 14.9. The second-order valence-corrected chi connectivity index (χ2v) is 8.27. The van der Waals surface area contributed by atoms with Crippen LogP contribution in [0.1, 0.15) is 72.1 Å². The summed E-state index contributed by atoms with van der Waals surface area (Å²) in [6.45, 7) is 10.5. The summed E-state index contributed by atoms with van der Waals surface area (Å²) in [5.41, 5.74) is 0. The minimum atomic E-state index is 0.619. The Balaban J connectivity index is 1.54. The van der Waals surface area contributed by atoms with Crippen LogP contribution in [0.25, 0.3) is 0 Å².